The van der Waals surface area contributed by atoms with Gasteiger partial charge in [0.1, 0.15) is 23.3 Å². The number of H-pyrrole nitrogens is 1. The number of fused-ring (bicyclic) bond motifs is 1. The molecule has 0 saturated heterocycles. The molecule has 0 aliphatic heterocycles. The van der Waals surface area contributed by atoms with E-state index < -0.39 is 39.1 Å². The molecule has 3 aromatic rings. The molecule has 1 aromatic carbocycles. The van der Waals surface area contributed by atoms with Crippen molar-refractivity contribution in [1.29, 1.82) is 0 Å². The van der Waals surface area contributed by atoms with Crippen LogP contribution < -0.4 is 14.9 Å². The van der Waals surface area contributed by atoms with Crippen molar-refractivity contribution < 1.29 is 22.0 Å². The van der Waals surface area contributed by atoms with Crippen molar-refractivity contribution in [1.82, 2.24) is 19.9 Å². The maximum atomic E-state index is 14.7. The largest absolute Gasteiger partial charge is 0.340 e. The third-order valence-electron chi connectivity index (χ3n) is 3.89. The summed E-state index contributed by atoms with van der Waals surface area (Å²) in [5, 5.41) is 2.10. The zero-order chi connectivity index (χ0) is 21.2. The molecule has 29 heavy (non-hydrogen) atoms. The molecule has 3 N–H and O–H groups in total. The summed E-state index contributed by atoms with van der Waals surface area (Å²) in [5.41, 5.74) is -0.615. The standard InChI is InChI=1S/C16H17F2N7O3S/c1-3-6-29(27,28)24-10-5-4-9(17)12(11(10)18)23-16(26)25(2)15-13-14(20-7-19-13)21-8-22-15/h4-5,7-8,24H,3,6H2,1-2H3,(H,23,26)(H,19,20,21,22). The first-order valence-electron chi connectivity index (χ1n) is 8.40. The van der Waals surface area contributed by atoms with Gasteiger partial charge in [-0.3, -0.25) is 9.62 Å². The first kappa shape index (κ1) is 20.4. The van der Waals surface area contributed by atoms with Crippen LogP contribution in [0, 0.1) is 11.6 Å². The zero-order valence-electron chi connectivity index (χ0n) is 15.4. The number of nitrogens with zero attached hydrogens (tertiary/aromatic N) is 4. The number of rotatable bonds is 6. The predicted molar refractivity (Wildman–Crippen MR) is 103 cm³/mol. The first-order valence-corrected chi connectivity index (χ1v) is 10.1. The molecular formula is C16H17F2N7O3S. The van der Waals surface area contributed by atoms with E-state index in [1.165, 1.54) is 19.7 Å². The van der Waals surface area contributed by atoms with Gasteiger partial charge in [-0.25, -0.2) is 36.9 Å². The van der Waals surface area contributed by atoms with Gasteiger partial charge in [-0.2, -0.15) is 0 Å². The number of benzene rings is 1. The third-order valence-corrected chi connectivity index (χ3v) is 5.36. The summed E-state index contributed by atoms with van der Waals surface area (Å²) < 4.78 is 54.6. The molecule has 2 heterocycles. The number of carbonyl (C=O) groups is 1. The van der Waals surface area contributed by atoms with E-state index in [1.54, 1.807) is 6.92 Å². The Bertz CT molecular complexity index is 1170. The summed E-state index contributed by atoms with van der Waals surface area (Å²) in [6, 6.07) is 0.877. The number of halogens is 2. The van der Waals surface area contributed by atoms with Crippen LogP contribution in [0.4, 0.5) is 30.8 Å². The number of aromatic nitrogens is 4. The second-order valence-corrected chi connectivity index (χ2v) is 7.83. The molecule has 2 aromatic heterocycles. The van der Waals surface area contributed by atoms with Crippen molar-refractivity contribution in [3.63, 3.8) is 0 Å². The monoisotopic (exact) mass is 425 g/mol. The molecule has 2 amide bonds. The van der Waals surface area contributed by atoms with E-state index in [0.717, 1.165) is 17.0 Å². The molecule has 0 unspecified atom stereocenters. The summed E-state index contributed by atoms with van der Waals surface area (Å²) in [4.78, 5) is 28.2. The van der Waals surface area contributed by atoms with Crippen molar-refractivity contribution in [2.24, 2.45) is 0 Å². The maximum absolute atomic E-state index is 14.7. The Balaban J connectivity index is 1.88. The summed E-state index contributed by atoms with van der Waals surface area (Å²) in [7, 11) is -2.47. The van der Waals surface area contributed by atoms with Crippen LogP contribution in [0.1, 0.15) is 13.3 Å². The third kappa shape index (κ3) is 4.23. The van der Waals surface area contributed by atoms with Crippen molar-refractivity contribution in [2.45, 2.75) is 13.3 Å². The Hall–Kier alpha value is -3.35. The van der Waals surface area contributed by atoms with Crippen molar-refractivity contribution in [2.75, 3.05) is 27.7 Å². The normalized spacial score (nSPS) is 11.4. The smallest absolute Gasteiger partial charge is 0.327 e. The molecule has 0 spiro atoms. The minimum atomic E-state index is -3.81. The predicted octanol–water partition coefficient (Wildman–Crippen LogP) is 2.45. The Morgan fingerprint density at radius 1 is 1.24 bits per heavy atom. The average molecular weight is 425 g/mol. The van der Waals surface area contributed by atoms with Crippen molar-refractivity contribution >= 4 is 44.4 Å². The highest BCUT2D eigenvalue weighted by molar-refractivity contribution is 7.92. The fourth-order valence-electron chi connectivity index (χ4n) is 2.53. The van der Waals surface area contributed by atoms with E-state index in [4.69, 9.17) is 0 Å². The van der Waals surface area contributed by atoms with Gasteiger partial charge in [-0.05, 0) is 18.6 Å². The minimum Gasteiger partial charge on any atom is -0.340 e. The van der Waals surface area contributed by atoms with Gasteiger partial charge in [0.05, 0.1) is 17.8 Å². The molecule has 10 nitrogen and oxygen atoms in total. The number of hydrogen-bond donors (Lipinski definition) is 3. The summed E-state index contributed by atoms with van der Waals surface area (Å²) >= 11 is 0. The van der Waals surface area contributed by atoms with Gasteiger partial charge in [-0.15, -0.1) is 0 Å². The van der Waals surface area contributed by atoms with Gasteiger partial charge >= 0.3 is 6.03 Å². The summed E-state index contributed by atoms with van der Waals surface area (Å²) in [6.07, 6.45) is 2.86. The SMILES string of the molecule is CCCS(=O)(=O)Nc1ccc(F)c(NC(=O)N(C)c2ncnc3nc[nH]c23)c1F. The highest BCUT2D eigenvalue weighted by atomic mass is 32.2. The van der Waals surface area contributed by atoms with Crippen LogP contribution in [0.15, 0.2) is 24.8 Å². The number of imidazole rings is 1. The van der Waals surface area contributed by atoms with E-state index in [2.05, 4.69) is 25.3 Å². The first-order chi connectivity index (χ1) is 13.7. The lowest BCUT2D eigenvalue weighted by atomic mass is 10.2. The van der Waals surface area contributed by atoms with E-state index >= 15 is 0 Å². The van der Waals surface area contributed by atoms with Crippen LogP contribution in [-0.2, 0) is 10.0 Å². The van der Waals surface area contributed by atoms with Gasteiger partial charge in [0.15, 0.2) is 17.3 Å². The number of sulfonamides is 1. The lowest BCUT2D eigenvalue weighted by Crippen LogP contribution is -2.33. The van der Waals surface area contributed by atoms with E-state index in [-0.39, 0.29) is 11.6 Å². The van der Waals surface area contributed by atoms with Crippen molar-refractivity contribution in [3.8, 4) is 0 Å². The fraction of sp³-hybridized carbons (Fsp3) is 0.250. The molecule has 0 aliphatic carbocycles. The number of hydrogen-bond acceptors (Lipinski definition) is 6. The number of carbonyl (C=O) groups excluding carboxylic acids is 1. The molecule has 0 saturated carbocycles. The molecule has 13 heteroatoms. The van der Waals surface area contributed by atoms with Gasteiger partial charge in [0.25, 0.3) is 0 Å². The Kier molecular flexibility index (Phi) is 5.59. The Morgan fingerprint density at radius 3 is 2.72 bits per heavy atom. The van der Waals surface area contributed by atoms with E-state index in [0.29, 0.717) is 17.6 Å². The molecule has 0 radical (unpaired) electrons. The minimum absolute atomic E-state index is 0.130. The number of anilines is 3. The van der Waals surface area contributed by atoms with Crippen LogP contribution >= 0.6 is 0 Å². The molecule has 154 valence electrons. The fourth-order valence-corrected chi connectivity index (χ4v) is 3.66. The average Bonchev–Trinajstić information content (AvgIpc) is 3.15. The Labute approximate surface area is 164 Å². The van der Waals surface area contributed by atoms with E-state index in [9.17, 15) is 22.0 Å². The number of nitrogens with one attached hydrogen (secondary N) is 3. The van der Waals surface area contributed by atoms with Crippen molar-refractivity contribution in [3.05, 3.63) is 36.4 Å². The van der Waals surface area contributed by atoms with Gasteiger partial charge in [-0.1, -0.05) is 6.92 Å². The molecular weight excluding hydrogens is 408 g/mol. The number of urea groups is 1. The molecule has 0 atom stereocenters. The lowest BCUT2D eigenvalue weighted by Gasteiger charge is -2.18. The topological polar surface area (TPSA) is 133 Å². The molecule has 0 bridgehead atoms. The highest BCUT2D eigenvalue weighted by Crippen LogP contribution is 2.28. The summed E-state index contributed by atoms with van der Waals surface area (Å²) in [5.74, 6) is -2.43. The van der Waals surface area contributed by atoms with Crippen LogP contribution in [0.3, 0.4) is 0 Å². The van der Waals surface area contributed by atoms with Crippen LogP contribution in [0.5, 0.6) is 0 Å². The molecule has 0 aliphatic rings. The van der Waals surface area contributed by atoms with E-state index in [1.807, 2.05) is 4.72 Å². The van der Waals surface area contributed by atoms with Crippen LogP contribution in [0.2, 0.25) is 0 Å². The van der Waals surface area contributed by atoms with Gasteiger partial charge in [0, 0.05) is 7.05 Å². The van der Waals surface area contributed by atoms with Gasteiger partial charge in [0.2, 0.25) is 10.0 Å². The molecule has 3 rings (SSSR count). The Morgan fingerprint density at radius 2 is 2.00 bits per heavy atom. The second kappa shape index (κ2) is 7.95. The highest BCUT2D eigenvalue weighted by Gasteiger charge is 2.23. The second-order valence-electron chi connectivity index (χ2n) is 5.99. The van der Waals surface area contributed by atoms with Crippen LogP contribution in [-0.4, -0.2) is 47.2 Å². The van der Waals surface area contributed by atoms with Crippen LogP contribution in [0.25, 0.3) is 11.2 Å². The maximum Gasteiger partial charge on any atom is 0.327 e. The quantitative estimate of drug-likeness (QED) is 0.556. The molecule has 0 fully saturated rings. The van der Waals surface area contributed by atoms with Gasteiger partial charge < -0.3 is 10.3 Å². The number of aromatic amines is 1. The number of amides is 2. The summed E-state index contributed by atoms with van der Waals surface area (Å²) in [6.45, 7) is 1.64. The lowest BCUT2D eigenvalue weighted by molar-refractivity contribution is 0.257. The zero-order valence-corrected chi connectivity index (χ0v) is 16.2.